The molecule has 78 valence electrons. The van der Waals surface area contributed by atoms with E-state index in [1.54, 1.807) is 0 Å². The predicted octanol–water partition coefficient (Wildman–Crippen LogP) is 1.47. The van der Waals surface area contributed by atoms with Crippen molar-refractivity contribution in [2.75, 3.05) is 0 Å². The van der Waals surface area contributed by atoms with Gasteiger partial charge in [-0.15, -0.1) is 12.4 Å². The van der Waals surface area contributed by atoms with Gasteiger partial charge in [0.2, 0.25) is 0 Å². The molecule has 0 aromatic heterocycles. The van der Waals surface area contributed by atoms with Crippen LogP contribution >= 0.6 is 12.4 Å². The summed E-state index contributed by atoms with van der Waals surface area (Å²) < 4.78 is 25.1. The molecule has 6 heteroatoms. The molecule has 3 nitrogen and oxygen atoms in total. The minimum atomic E-state index is -1.40. The summed E-state index contributed by atoms with van der Waals surface area (Å²) >= 11 is 0. The number of carboxylic acid groups (broad SMARTS) is 1. The van der Waals surface area contributed by atoms with Crippen LogP contribution in [0.4, 0.5) is 8.78 Å². The van der Waals surface area contributed by atoms with E-state index in [1.165, 1.54) is 0 Å². The number of hydrogen-bond acceptors (Lipinski definition) is 2. The molecule has 1 aromatic carbocycles. The standard InChI is InChI=1S/C8H7F2NO2.ClH/c9-5-1-4(2-6(10)3-5)7(11)8(12)13;/h1-3,7H,11H2,(H,12,13);1H. The highest BCUT2D eigenvalue weighted by atomic mass is 35.5. The minimum absolute atomic E-state index is 0. The fourth-order valence-corrected chi connectivity index (χ4v) is 0.897. The smallest absolute Gasteiger partial charge is 0.325 e. The van der Waals surface area contributed by atoms with Crippen molar-refractivity contribution in [3.63, 3.8) is 0 Å². The first-order chi connectivity index (χ1) is 6.00. The third-order valence-corrected chi connectivity index (χ3v) is 1.51. The quantitative estimate of drug-likeness (QED) is 0.798. The highest BCUT2D eigenvalue weighted by Gasteiger charge is 2.15. The van der Waals surface area contributed by atoms with E-state index in [1.807, 2.05) is 0 Å². The summed E-state index contributed by atoms with van der Waals surface area (Å²) in [5.74, 6) is -3.01. The molecule has 0 bridgehead atoms. The number of rotatable bonds is 2. The van der Waals surface area contributed by atoms with Gasteiger partial charge in [0.1, 0.15) is 17.7 Å². The van der Waals surface area contributed by atoms with Crippen molar-refractivity contribution in [3.8, 4) is 0 Å². The van der Waals surface area contributed by atoms with Crippen molar-refractivity contribution in [2.45, 2.75) is 6.04 Å². The van der Waals surface area contributed by atoms with Gasteiger partial charge < -0.3 is 10.8 Å². The summed E-state index contributed by atoms with van der Waals surface area (Å²) in [7, 11) is 0. The molecule has 1 aromatic rings. The van der Waals surface area contributed by atoms with Crippen molar-refractivity contribution in [1.29, 1.82) is 0 Å². The van der Waals surface area contributed by atoms with Gasteiger partial charge in [0.15, 0.2) is 0 Å². The summed E-state index contributed by atoms with van der Waals surface area (Å²) in [6.07, 6.45) is 0. The second-order valence-corrected chi connectivity index (χ2v) is 2.52. The summed E-state index contributed by atoms with van der Waals surface area (Å²) in [6, 6.07) is 1.03. The number of aliphatic carboxylic acids is 1. The van der Waals surface area contributed by atoms with Gasteiger partial charge >= 0.3 is 5.97 Å². The maximum absolute atomic E-state index is 12.6. The number of nitrogens with two attached hydrogens (primary N) is 1. The van der Waals surface area contributed by atoms with E-state index in [9.17, 15) is 13.6 Å². The van der Waals surface area contributed by atoms with E-state index < -0.39 is 23.6 Å². The van der Waals surface area contributed by atoms with E-state index in [-0.39, 0.29) is 18.0 Å². The van der Waals surface area contributed by atoms with Crippen LogP contribution in [-0.4, -0.2) is 11.1 Å². The van der Waals surface area contributed by atoms with E-state index in [2.05, 4.69) is 0 Å². The maximum atomic E-state index is 12.6. The van der Waals surface area contributed by atoms with Gasteiger partial charge in [0.25, 0.3) is 0 Å². The largest absolute Gasteiger partial charge is 0.480 e. The zero-order valence-electron chi connectivity index (χ0n) is 6.91. The minimum Gasteiger partial charge on any atom is -0.480 e. The second-order valence-electron chi connectivity index (χ2n) is 2.52. The van der Waals surface area contributed by atoms with Crippen LogP contribution in [0.5, 0.6) is 0 Å². The Hall–Kier alpha value is -1.20. The fraction of sp³-hybridized carbons (Fsp3) is 0.125. The van der Waals surface area contributed by atoms with Gasteiger partial charge in [-0.1, -0.05) is 0 Å². The molecule has 0 radical (unpaired) electrons. The van der Waals surface area contributed by atoms with Crippen molar-refractivity contribution < 1.29 is 18.7 Å². The third-order valence-electron chi connectivity index (χ3n) is 1.51. The molecule has 0 amide bonds. The molecule has 0 spiro atoms. The summed E-state index contributed by atoms with van der Waals surface area (Å²) in [5.41, 5.74) is 5.05. The zero-order valence-corrected chi connectivity index (χ0v) is 7.72. The molecule has 0 saturated carbocycles. The number of carboxylic acids is 1. The molecule has 14 heavy (non-hydrogen) atoms. The van der Waals surface area contributed by atoms with Gasteiger partial charge in [-0.05, 0) is 17.7 Å². The molecule has 1 rings (SSSR count). The van der Waals surface area contributed by atoms with E-state index in [4.69, 9.17) is 10.8 Å². The van der Waals surface area contributed by atoms with Crippen LogP contribution in [0.1, 0.15) is 11.6 Å². The molecular weight excluding hydrogens is 216 g/mol. The van der Waals surface area contributed by atoms with Crippen LogP contribution in [0, 0.1) is 11.6 Å². The van der Waals surface area contributed by atoms with Crippen molar-refractivity contribution >= 4 is 18.4 Å². The van der Waals surface area contributed by atoms with Crippen LogP contribution < -0.4 is 5.73 Å². The first kappa shape index (κ1) is 12.8. The lowest BCUT2D eigenvalue weighted by molar-refractivity contribution is -0.138. The Morgan fingerprint density at radius 1 is 1.29 bits per heavy atom. The average molecular weight is 224 g/mol. The fourth-order valence-electron chi connectivity index (χ4n) is 0.897. The van der Waals surface area contributed by atoms with Crippen molar-refractivity contribution in [1.82, 2.24) is 0 Å². The molecule has 0 aliphatic carbocycles. The number of hydrogen-bond donors (Lipinski definition) is 2. The summed E-state index contributed by atoms with van der Waals surface area (Å²) in [5, 5.41) is 8.45. The van der Waals surface area contributed by atoms with Gasteiger partial charge in [0.05, 0.1) is 0 Å². The Morgan fingerprint density at radius 2 is 1.71 bits per heavy atom. The maximum Gasteiger partial charge on any atom is 0.325 e. The summed E-state index contributed by atoms with van der Waals surface area (Å²) in [6.45, 7) is 0. The molecule has 0 aliphatic rings. The highest BCUT2D eigenvalue weighted by molar-refractivity contribution is 5.85. The summed E-state index contributed by atoms with van der Waals surface area (Å²) in [4.78, 5) is 10.4. The first-order valence-electron chi connectivity index (χ1n) is 3.45. The van der Waals surface area contributed by atoms with Gasteiger partial charge in [0, 0.05) is 6.07 Å². The third kappa shape index (κ3) is 2.93. The lowest BCUT2D eigenvalue weighted by Crippen LogP contribution is -2.20. The number of benzene rings is 1. The second kappa shape index (κ2) is 4.88. The number of halogens is 3. The van der Waals surface area contributed by atoms with E-state index in [0.29, 0.717) is 6.07 Å². The Labute approximate surface area is 84.9 Å². The molecule has 1 atom stereocenters. The lowest BCUT2D eigenvalue weighted by Gasteiger charge is -2.06. The normalized spacial score (nSPS) is 11.6. The first-order valence-corrected chi connectivity index (χ1v) is 3.45. The molecule has 0 heterocycles. The van der Waals surface area contributed by atoms with Gasteiger partial charge in [-0.25, -0.2) is 8.78 Å². The molecule has 0 saturated heterocycles. The van der Waals surface area contributed by atoms with Gasteiger partial charge in [-0.3, -0.25) is 4.79 Å². The Kier molecular flexibility index (Phi) is 4.46. The number of carbonyl (C=O) groups is 1. The van der Waals surface area contributed by atoms with Crippen molar-refractivity contribution in [3.05, 3.63) is 35.4 Å². The topological polar surface area (TPSA) is 63.3 Å². The Balaban J connectivity index is 0.00000169. The highest BCUT2D eigenvalue weighted by Crippen LogP contribution is 2.14. The predicted molar refractivity (Wildman–Crippen MR) is 48.2 cm³/mol. The Morgan fingerprint density at radius 3 is 2.07 bits per heavy atom. The Bertz CT molecular complexity index is 326. The van der Waals surface area contributed by atoms with E-state index in [0.717, 1.165) is 12.1 Å². The molecule has 1 unspecified atom stereocenters. The van der Waals surface area contributed by atoms with Crippen LogP contribution in [0.25, 0.3) is 0 Å². The van der Waals surface area contributed by atoms with Crippen molar-refractivity contribution in [2.24, 2.45) is 5.73 Å². The van der Waals surface area contributed by atoms with Crippen LogP contribution in [-0.2, 0) is 4.79 Å². The molecule has 3 N–H and O–H groups in total. The van der Waals surface area contributed by atoms with Gasteiger partial charge in [-0.2, -0.15) is 0 Å². The van der Waals surface area contributed by atoms with Crippen LogP contribution in [0.2, 0.25) is 0 Å². The van der Waals surface area contributed by atoms with Crippen LogP contribution in [0.3, 0.4) is 0 Å². The molecule has 0 aliphatic heterocycles. The van der Waals surface area contributed by atoms with Crippen LogP contribution in [0.15, 0.2) is 18.2 Å². The molecular formula is C8H8ClF2NO2. The zero-order chi connectivity index (χ0) is 10.0. The lowest BCUT2D eigenvalue weighted by atomic mass is 10.1. The monoisotopic (exact) mass is 223 g/mol. The molecule has 0 fully saturated rings. The van der Waals surface area contributed by atoms with E-state index >= 15 is 0 Å². The SMILES string of the molecule is Cl.NC(C(=O)O)c1cc(F)cc(F)c1. The average Bonchev–Trinajstić information content (AvgIpc) is 2.01.